The van der Waals surface area contributed by atoms with Gasteiger partial charge < -0.3 is 14.7 Å². The molecular formula is C34H43ClN2O5S. The number of hydrogen-bond donors (Lipinski definition) is 2. The molecule has 2 bridgehead atoms. The Labute approximate surface area is 260 Å². The molecule has 1 saturated carbocycles. The Morgan fingerprint density at radius 3 is 2.70 bits per heavy atom. The highest BCUT2D eigenvalue weighted by Gasteiger charge is 2.44. The summed E-state index contributed by atoms with van der Waals surface area (Å²) < 4.78 is 35.9. The number of benzene rings is 2. The molecule has 232 valence electrons. The summed E-state index contributed by atoms with van der Waals surface area (Å²) in [7, 11) is -3.96. The first-order valence-electron chi connectivity index (χ1n) is 15.7. The van der Waals surface area contributed by atoms with E-state index in [2.05, 4.69) is 21.8 Å². The molecule has 0 radical (unpaired) electrons. The van der Waals surface area contributed by atoms with Gasteiger partial charge in [0, 0.05) is 29.1 Å². The zero-order chi connectivity index (χ0) is 30.5. The normalized spacial score (nSPS) is 34.5. The fourth-order valence-electron chi connectivity index (χ4n) is 7.89. The Kier molecular flexibility index (Phi) is 8.33. The summed E-state index contributed by atoms with van der Waals surface area (Å²) in [4.78, 5) is 15.8. The molecule has 0 saturated heterocycles. The Morgan fingerprint density at radius 1 is 1.14 bits per heavy atom. The van der Waals surface area contributed by atoms with Crippen LogP contribution in [0, 0.1) is 23.7 Å². The third kappa shape index (κ3) is 5.71. The van der Waals surface area contributed by atoms with Crippen LogP contribution in [0.2, 0.25) is 5.02 Å². The van der Waals surface area contributed by atoms with E-state index >= 15 is 0 Å². The molecule has 2 heterocycles. The van der Waals surface area contributed by atoms with Gasteiger partial charge in [0.15, 0.2) is 0 Å². The van der Waals surface area contributed by atoms with E-state index in [4.69, 9.17) is 16.3 Å². The number of fused-ring (bicyclic) bond motifs is 4. The molecule has 6 rings (SSSR count). The van der Waals surface area contributed by atoms with E-state index in [9.17, 15) is 18.3 Å². The molecule has 1 unspecified atom stereocenters. The highest BCUT2D eigenvalue weighted by atomic mass is 35.5. The van der Waals surface area contributed by atoms with Crippen LogP contribution in [0.3, 0.4) is 0 Å². The van der Waals surface area contributed by atoms with Gasteiger partial charge in [0.25, 0.3) is 5.91 Å². The molecule has 1 spiro atoms. The van der Waals surface area contributed by atoms with Crippen LogP contribution in [0.25, 0.3) is 0 Å². The number of ether oxygens (including phenoxy) is 1. The number of carbonyl (C=O) groups is 1. The minimum atomic E-state index is -3.96. The first-order valence-corrected chi connectivity index (χ1v) is 17.7. The van der Waals surface area contributed by atoms with Crippen LogP contribution in [-0.2, 0) is 21.9 Å². The molecule has 1 fully saturated rings. The third-order valence-corrected chi connectivity index (χ3v) is 13.0. The van der Waals surface area contributed by atoms with E-state index in [1.807, 2.05) is 39.0 Å². The lowest BCUT2D eigenvalue weighted by molar-refractivity contribution is 0.0453. The maximum atomic E-state index is 13.5. The summed E-state index contributed by atoms with van der Waals surface area (Å²) in [5.74, 6) is 0.110. The van der Waals surface area contributed by atoms with Crippen molar-refractivity contribution in [3.63, 3.8) is 0 Å². The first-order chi connectivity index (χ1) is 20.5. The number of aliphatic hydroxyl groups is 1. The van der Waals surface area contributed by atoms with Crippen molar-refractivity contribution < 1.29 is 23.1 Å². The Balaban J connectivity index is 1.43. The number of hydrogen-bond acceptors (Lipinski definition) is 6. The lowest BCUT2D eigenvalue weighted by atomic mass is 9.68. The van der Waals surface area contributed by atoms with Gasteiger partial charge in [-0.1, -0.05) is 50.6 Å². The van der Waals surface area contributed by atoms with Gasteiger partial charge in [-0.05, 0) is 104 Å². The second-order valence-corrected chi connectivity index (χ2v) is 15.6. The molecular weight excluding hydrogens is 584 g/mol. The summed E-state index contributed by atoms with van der Waals surface area (Å²) in [6, 6.07) is 11.4. The van der Waals surface area contributed by atoms with Crippen molar-refractivity contribution in [2.45, 2.75) is 76.1 Å². The molecule has 7 nitrogen and oxygen atoms in total. The Hall–Kier alpha value is -2.55. The van der Waals surface area contributed by atoms with Gasteiger partial charge in [-0.2, -0.15) is 0 Å². The monoisotopic (exact) mass is 626 g/mol. The predicted octanol–water partition coefficient (Wildman–Crippen LogP) is 5.88. The maximum absolute atomic E-state index is 13.5. The Morgan fingerprint density at radius 2 is 1.95 bits per heavy atom. The van der Waals surface area contributed by atoms with Gasteiger partial charge in [0.2, 0.25) is 10.0 Å². The molecule has 7 atom stereocenters. The SMILES string of the molecule is CC[C@H]1C(C)[C@H](C)/C=C/[C@H](O)[C@@H]2CC[C@H]2CN2C[C@@]3(CCCc4cc(Cl)ccc43)COc3ccc(cc32)C(=O)NS1(=O)=O. The van der Waals surface area contributed by atoms with Crippen LogP contribution in [-0.4, -0.2) is 50.5 Å². The number of amides is 1. The summed E-state index contributed by atoms with van der Waals surface area (Å²) in [5, 5.41) is 11.3. The minimum Gasteiger partial charge on any atom is -0.490 e. The van der Waals surface area contributed by atoms with Crippen LogP contribution >= 0.6 is 11.6 Å². The number of anilines is 1. The molecule has 0 aromatic heterocycles. The van der Waals surface area contributed by atoms with Crippen molar-refractivity contribution in [3.05, 3.63) is 70.3 Å². The lowest BCUT2D eigenvalue weighted by Gasteiger charge is -2.45. The molecule has 9 heteroatoms. The number of sulfonamides is 1. The molecule has 2 aromatic carbocycles. The van der Waals surface area contributed by atoms with E-state index in [-0.39, 0.29) is 34.7 Å². The van der Waals surface area contributed by atoms with Gasteiger partial charge in [0.1, 0.15) is 5.75 Å². The largest absolute Gasteiger partial charge is 0.490 e. The van der Waals surface area contributed by atoms with Crippen molar-refractivity contribution in [3.8, 4) is 5.75 Å². The summed E-state index contributed by atoms with van der Waals surface area (Å²) in [5.41, 5.74) is 3.33. The predicted molar refractivity (Wildman–Crippen MR) is 170 cm³/mol. The zero-order valence-corrected chi connectivity index (χ0v) is 26.8. The molecule has 1 amide bonds. The lowest BCUT2D eigenvalue weighted by Crippen LogP contribution is -2.49. The van der Waals surface area contributed by atoms with E-state index in [0.717, 1.165) is 42.8 Å². The number of aryl methyl sites for hydroxylation is 1. The van der Waals surface area contributed by atoms with Crippen molar-refractivity contribution in [1.29, 1.82) is 0 Å². The fourth-order valence-corrected chi connectivity index (χ4v) is 9.87. The van der Waals surface area contributed by atoms with Crippen molar-refractivity contribution >= 4 is 33.2 Å². The standard InChI is InChI=1S/C34H43ClN2O5S/c1-4-32-22(3)21(2)7-13-30(38)27-11-8-25(27)18-37-19-34(15-5-6-23-16-26(35)10-12-28(23)34)20-42-31-14-9-24(17-29(31)37)33(39)36-43(32,40)41/h7,9-10,12-14,16-17,21-22,25,27,30,32,38H,4-6,8,11,15,18-20H2,1-3H3,(H,36,39)/b13-7+/t21-,22?,25+,27-,30+,32+,34+/m1/s1. The van der Waals surface area contributed by atoms with E-state index in [1.54, 1.807) is 18.2 Å². The van der Waals surface area contributed by atoms with Crippen LogP contribution in [0.5, 0.6) is 5.75 Å². The number of aliphatic hydroxyl groups excluding tert-OH is 1. The summed E-state index contributed by atoms with van der Waals surface area (Å²) in [6.45, 7) is 7.62. The molecule has 2 aliphatic heterocycles. The highest BCUT2D eigenvalue weighted by molar-refractivity contribution is 7.90. The molecule has 2 N–H and O–H groups in total. The van der Waals surface area contributed by atoms with Gasteiger partial charge in [0.05, 0.1) is 23.6 Å². The average Bonchev–Trinajstić information content (AvgIpc) is 3.10. The quantitative estimate of drug-likeness (QED) is 0.384. The minimum absolute atomic E-state index is 0.0916. The second-order valence-electron chi connectivity index (χ2n) is 13.3. The van der Waals surface area contributed by atoms with Crippen molar-refractivity contribution in [2.24, 2.45) is 23.7 Å². The number of allylic oxidation sites excluding steroid dienone is 1. The van der Waals surface area contributed by atoms with E-state index in [0.29, 0.717) is 31.9 Å². The molecule has 43 heavy (non-hydrogen) atoms. The second kappa shape index (κ2) is 11.8. The average molecular weight is 627 g/mol. The topological polar surface area (TPSA) is 95.9 Å². The van der Waals surface area contributed by atoms with Crippen LogP contribution in [0.15, 0.2) is 48.6 Å². The zero-order valence-electron chi connectivity index (χ0n) is 25.3. The van der Waals surface area contributed by atoms with E-state index in [1.165, 1.54) is 11.1 Å². The van der Waals surface area contributed by atoms with Gasteiger partial charge >= 0.3 is 0 Å². The first kappa shape index (κ1) is 30.5. The highest BCUT2D eigenvalue weighted by Crippen LogP contribution is 2.47. The van der Waals surface area contributed by atoms with Crippen LogP contribution in [0.1, 0.15) is 74.4 Å². The number of halogens is 1. The van der Waals surface area contributed by atoms with Gasteiger partial charge in [-0.3, -0.25) is 4.79 Å². The number of rotatable bonds is 1. The van der Waals surface area contributed by atoms with Gasteiger partial charge in [-0.15, -0.1) is 0 Å². The molecule has 4 aliphatic rings. The maximum Gasteiger partial charge on any atom is 0.264 e. The number of nitrogens with zero attached hydrogens (tertiary/aromatic N) is 1. The van der Waals surface area contributed by atoms with Crippen LogP contribution < -0.4 is 14.4 Å². The number of carbonyl (C=O) groups excluding carboxylic acids is 1. The van der Waals surface area contributed by atoms with Gasteiger partial charge in [-0.25, -0.2) is 13.1 Å². The summed E-state index contributed by atoms with van der Waals surface area (Å²) >= 11 is 6.40. The third-order valence-electron chi connectivity index (χ3n) is 10.7. The summed E-state index contributed by atoms with van der Waals surface area (Å²) in [6.07, 6.45) is 8.51. The molecule has 2 aromatic rings. The Bertz CT molecular complexity index is 1530. The van der Waals surface area contributed by atoms with Crippen molar-refractivity contribution in [2.75, 3.05) is 24.6 Å². The smallest absolute Gasteiger partial charge is 0.264 e. The molecule has 2 aliphatic carbocycles. The number of nitrogens with one attached hydrogen (secondary N) is 1. The van der Waals surface area contributed by atoms with Crippen LogP contribution in [0.4, 0.5) is 5.69 Å². The van der Waals surface area contributed by atoms with Crippen molar-refractivity contribution in [1.82, 2.24) is 4.72 Å². The van der Waals surface area contributed by atoms with E-state index < -0.39 is 27.3 Å². The fraction of sp³-hybridized carbons (Fsp3) is 0.559.